The lowest BCUT2D eigenvalue weighted by molar-refractivity contribution is 0.443. The first-order valence-corrected chi connectivity index (χ1v) is 4.94. The molecule has 1 heterocycles. The number of rotatable bonds is 5. The van der Waals surface area contributed by atoms with Crippen molar-refractivity contribution in [2.75, 3.05) is 0 Å². The van der Waals surface area contributed by atoms with Crippen molar-refractivity contribution in [2.45, 2.75) is 38.9 Å². The maximum atomic E-state index is 5.37. The van der Waals surface area contributed by atoms with Crippen molar-refractivity contribution < 1.29 is 0 Å². The predicted molar refractivity (Wildman–Crippen MR) is 57.7 cm³/mol. The van der Waals surface area contributed by atoms with E-state index >= 15 is 0 Å². The molecule has 14 heavy (non-hydrogen) atoms. The van der Waals surface area contributed by atoms with E-state index in [1.54, 1.807) is 6.20 Å². The van der Waals surface area contributed by atoms with Gasteiger partial charge in [0.15, 0.2) is 0 Å². The third kappa shape index (κ3) is 3.23. The van der Waals surface area contributed by atoms with E-state index in [1.165, 1.54) is 0 Å². The van der Waals surface area contributed by atoms with Crippen LogP contribution in [0, 0.1) is 12.3 Å². The highest BCUT2D eigenvalue weighted by Gasteiger charge is 2.07. The summed E-state index contributed by atoms with van der Waals surface area (Å²) in [6.07, 6.45) is 11.9. The summed E-state index contributed by atoms with van der Waals surface area (Å²) >= 11 is 0. The molecule has 0 aromatic carbocycles. The standard InChI is InChI=1S/C11H17N3/c1-4-11(5-2)13-10(3)8-14-7-6-12-9-14/h1,6-7,9-11,13H,5,8H2,2-3H3. The lowest BCUT2D eigenvalue weighted by Gasteiger charge is -2.18. The summed E-state index contributed by atoms with van der Waals surface area (Å²) in [5, 5.41) is 3.37. The average Bonchev–Trinajstić information content (AvgIpc) is 2.66. The molecule has 0 bridgehead atoms. The van der Waals surface area contributed by atoms with Gasteiger partial charge in [-0.1, -0.05) is 12.8 Å². The molecule has 0 fully saturated rings. The van der Waals surface area contributed by atoms with Gasteiger partial charge < -0.3 is 4.57 Å². The van der Waals surface area contributed by atoms with Crippen LogP contribution in [0.3, 0.4) is 0 Å². The highest BCUT2D eigenvalue weighted by atomic mass is 15.1. The Hall–Kier alpha value is -1.27. The number of hydrogen-bond donors (Lipinski definition) is 1. The summed E-state index contributed by atoms with van der Waals surface area (Å²) in [6, 6.07) is 0.540. The molecule has 0 amide bonds. The molecule has 76 valence electrons. The highest BCUT2D eigenvalue weighted by molar-refractivity contribution is 4.98. The van der Waals surface area contributed by atoms with E-state index < -0.39 is 0 Å². The molecule has 0 saturated heterocycles. The third-order valence-corrected chi connectivity index (χ3v) is 2.14. The maximum Gasteiger partial charge on any atom is 0.0946 e. The first-order valence-electron chi connectivity index (χ1n) is 4.94. The number of aromatic nitrogens is 2. The van der Waals surface area contributed by atoms with Crippen molar-refractivity contribution >= 4 is 0 Å². The molecule has 0 spiro atoms. The molecule has 1 rings (SSSR count). The lowest BCUT2D eigenvalue weighted by atomic mass is 10.2. The van der Waals surface area contributed by atoms with Gasteiger partial charge in [0.1, 0.15) is 0 Å². The van der Waals surface area contributed by atoms with Gasteiger partial charge in [0, 0.05) is 25.0 Å². The number of terminal acetylenes is 1. The van der Waals surface area contributed by atoms with Gasteiger partial charge >= 0.3 is 0 Å². The van der Waals surface area contributed by atoms with Crippen LogP contribution in [0.25, 0.3) is 0 Å². The monoisotopic (exact) mass is 191 g/mol. The molecule has 0 aliphatic carbocycles. The normalized spacial score (nSPS) is 14.6. The van der Waals surface area contributed by atoms with Crippen LogP contribution in [0.1, 0.15) is 20.3 Å². The Morgan fingerprint density at radius 3 is 2.93 bits per heavy atom. The van der Waals surface area contributed by atoms with Gasteiger partial charge in [-0.2, -0.15) is 0 Å². The van der Waals surface area contributed by atoms with Crippen molar-refractivity contribution in [3.63, 3.8) is 0 Å². The zero-order valence-electron chi connectivity index (χ0n) is 8.77. The average molecular weight is 191 g/mol. The molecule has 2 unspecified atom stereocenters. The fourth-order valence-electron chi connectivity index (χ4n) is 1.39. The highest BCUT2D eigenvalue weighted by Crippen LogP contribution is 1.95. The Bertz CT molecular complexity index is 284. The molecule has 0 aliphatic heterocycles. The summed E-state index contributed by atoms with van der Waals surface area (Å²) in [5.41, 5.74) is 0. The van der Waals surface area contributed by atoms with Crippen molar-refractivity contribution in [2.24, 2.45) is 0 Å². The minimum absolute atomic E-state index is 0.175. The second-order valence-electron chi connectivity index (χ2n) is 3.45. The summed E-state index contributed by atoms with van der Waals surface area (Å²) in [4.78, 5) is 3.99. The van der Waals surface area contributed by atoms with Crippen molar-refractivity contribution in [1.29, 1.82) is 0 Å². The molecular formula is C11H17N3. The van der Waals surface area contributed by atoms with Crippen molar-refractivity contribution in [1.82, 2.24) is 14.9 Å². The second kappa shape index (κ2) is 5.46. The molecule has 1 aromatic heterocycles. The molecule has 0 aliphatic rings. The van der Waals surface area contributed by atoms with Crippen LogP contribution in [0.5, 0.6) is 0 Å². The fraction of sp³-hybridized carbons (Fsp3) is 0.545. The topological polar surface area (TPSA) is 29.9 Å². The van der Waals surface area contributed by atoms with Gasteiger partial charge in [-0.3, -0.25) is 5.32 Å². The van der Waals surface area contributed by atoms with Gasteiger partial charge in [0.05, 0.1) is 12.4 Å². The van der Waals surface area contributed by atoms with E-state index in [-0.39, 0.29) is 6.04 Å². The minimum Gasteiger partial charge on any atom is -0.336 e. The van der Waals surface area contributed by atoms with Crippen LogP contribution in [-0.4, -0.2) is 21.6 Å². The van der Waals surface area contributed by atoms with E-state index in [0.29, 0.717) is 6.04 Å². The predicted octanol–water partition coefficient (Wildman–Crippen LogP) is 1.27. The number of hydrogen-bond acceptors (Lipinski definition) is 2. The van der Waals surface area contributed by atoms with Gasteiger partial charge in [-0.05, 0) is 13.3 Å². The molecule has 0 saturated carbocycles. The second-order valence-corrected chi connectivity index (χ2v) is 3.45. The van der Waals surface area contributed by atoms with Gasteiger partial charge in [-0.25, -0.2) is 4.98 Å². The van der Waals surface area contributed by atoms with E-state index in [1.807, 2.05) is 17.1 Å². The smallest absolute Gasteiger partial charge is 0.0946 e. The van der Waals surface area contributed by atoms with Crippen LogP contribution in [0.4, 0.5) is 0 Å². The minimum atomic E-state index is 0.175. The Balaban J connectivity index is 2.36. The number of nitrogens with zero attached hydrogens (tertiary/aromatic N) is 2. The van der Waals surface area contributed by atoms with Crippen molar-refractivity contribution in [3.05, 3.63) is 18.7 Å². The molecule has 1 N–H and O–H groups in total. The SMILES string of the molecule is C#CC(CC)NC(C)Cn1ccnc1. The summed E-state index contributed by atoms with van der Waals surface area (Å²) in [6.45, 7) is 5.11. The maximum absolute atomic E-state index is 5.37. The summed E-state index contributed by atoms with van der Waals surface area (Å²) in [7, 11) is 0. The Morgan fingerprint density at radius 1 is 1.64 bits per heavy atom. The quantitative estimate of drug-likeness (QED) is 0.710. The largest absolute Gasteiger partial charge is 0.336 e. The van der Waals surface area contributed by atoms with Crippen LogP contribution < -0.4 is 5.32 Å². The van der Waals surface area contributed by atoms with Crippen molar-refractivity contribution in [3.8, 4) is 12.3 Å². The number of nitrogens with one attached hydrogen (secondary N) is 1. The van der Waals surface area contributed by atoms with Gasteiger partial charge in [-0.15, -0.1) is 6.42 Å². The lowest BCUT2D eigenvalue weighted by Crippen LogP contribution is -2.37. The molecule has 3 nitrogen and oxygen atoms in total. The third-order valence-electron chi connectivity index (χ3n) is 2.14. The zero-order valence-corrected chi connectivity index (χ0v) is 8.77. The van der Waals surface area contributed by atoms with E-state index in [9.17, 15) is 0 Å². The Morgan fingerprint density at radius 2 is 2.43 bits per heavy atom. The van der Waals surface area contributed by atoms with Crippen LogP contribution in [0.15, 0.2) is 18.7 Å². The molecule has 0 radical (unpaired) electrons. The van der Waals surface area contributed by atoms with Crippen LogP contribution in [0.2, 0.25) is 0 Å². The first kappa shape index (κ1) is 10.8. The fourth-order valence-corrected chi connectivity index (χ4v) is 1.39. The number of imidazole rings is 1. The Kier molecular flexibility index (Phi) is 4.21. The van der Waals surface area contributed by atoms with Gasteiger partial charge in [0.25, 0.3) is 0 Å². The molecule has 2 atom stereocenters. The molecule has 3 heteroatoms. The summed E-state index contributed by atoms with van der Waals surface area (Å²) < 4.78 is 2.04. The van der Waals surface area contributed by atoms with E-state index in [0.717, 1.165) is 13.0 Å². The van der Waals surface area contributed by atoms with Gasteiger partial charge in [0.2, 0.25) is 0 Å². The first-order chi connectivity index (χ1) is 6.76. The van der Waals surface area contributed by atoms with E-state index in [4.69, 9.17) is 6.42 Å². The van der Waals surface area contributed by atoms with E-state index in [2.05, 4.69) is 30.1 Å². The van der Waals surface area contributed by atoms with Crippen LogP contribution >= 0.6 is 0 Å². The van der Waals surface area contributed by atoms with Crippen LogP contribution in [-0.2, 0) is 6.54 Å². The Labute approximate surface area is 85.5 Å². The summed E-state index contributed by atoms with van der Waals surface area (Å²) in [5.74, 6) is 2.73. The zero-order chi connectivity index (χ0) is 10.4. The molecular weight excluding hydrogens is 174 g/mol. The molecule has 1 aromatic rings.